The smallest absolute Gasteiger partial charge is 0.185 e. The van der Waals surface area contributed by atoms with Gasteiger partial charge < -0.3 is 10.2 Å². The zero-order valence-corrected chi connectivity index (χ0v) is 11.4. The molecule has 0 unspecified atom stereocenters. The number of nitrogens with zero attached hydrogens (tertiary/aromatic N) is 2. The highest BCUT2D eigenvalue weighted by Gasteiger charge is 2.05. The van der Waals surface area contributed by atoms with Gasteiger partial charge in [-0.15, -0.1) is 11.3 Å². The first kappa shape index (κ1) is 13.5. The number of unbranched alkanes of at least 4 members (excludes halogenated alkanes) is 2. The van der Waals surface area contributed by atoms with Crippen molar-refractivity contribution in [1.29, 1.82) is 0 Å². The number of anilines is 1. The maximum absolute atomic E-state index is 4.45. The third kappa shape index (κ3) is 4.49. The van der Waals surface area contributed by atoms with E-state index in [9.17, 15) is 0 Å². The monoisotopic (exact) mass is 241 g/mol. The van der Waals surface area contributed by atoms with Crippen LogP contribution in [0.3, 0.4) is 0 Å². The molecule has 0 radical (unpaired) electrons. The Morgan fingerprint density at radius 2 is 2.19 bits per heavy atom. The molecular weight excluding hydrogens is 218 g/mol. The zero-order chi connectivity index (χ0) is 11.8. The lowest BCUT2D eigenvalue weighted by Crippen LogP contribution is -2.17. The molecule has 1 rings (SSSR count). The lowest BCUT2D eigenvalue weighted by atomic mass is 10.2. The Labute approximate surface area is 103 Å². The van der Waals surface area contributed by atoms with Crippen LogP contribution < -0.4 is 10.2 Å². The molecule has 0 saturated heterocycles. The topological polar surface area (TPSA) is 28.2 Å². The maximum Gasteiger partial charge on any atom is 0.185 e. The predicted molar refractivity (Wildman–Crippen MR) is 72.3 cm³/mol. The largest absolute Gasteiger partial charge is 0.351 e. The molecule has 0 aliphatic carbocycles. The predicted octanol–water partition coefficient (Wildman–Crippen LogP) is 2.88. The molecule has 1 N–H and O–H groups in total. The van der Waals surface area contributed by atoms with Crippen LogP contribution >= 0.6 is 11.3 Å². The minimum atomic E-state index is 0.941. The number of hydrogen-bond donors (Lipinski definition) is 1. The van der Waals surface area contributed by atoms with Crippen LogP contribution in [0.1, 0.15) is 38.0 Å². The minimum Gasteiger partial charge on any atom is -0.351 e. The van der Waals surface area contributed by atoms with Crippen molar-refractivity contribution in [3.63, 3.8) is 0 Å². The Bertz CT molecular complexity index is 286. The molecule has 0 spiro atoms. The first-order valence-electron chi connectivity index (χ1n) is 6.14. The van der Waals surface area contributed by atoms with Crippen LogP contribution in [0, 0.1) is 0 Å². The van der Waals surface area contributed by atoms with Gasteiger partial charge in [0.25, 0.3) is 0 Å². The van der Waals surface area contributed by atoms with Crippen molar-refractivity contribution in [3.8, 4) is 0 Å². The van der Waals surface area contributed by atoms with E-state index in [1.807, 2.05) is 6.20 Å². The molecule has 4 heteroatoms. The van der Waals surface area contributed by atoms with E-state index < -0.39 is 0 Å². The minimum absolute atomic E-state index is 0.941. The molecule has 0 fully saturated rings. The van der Waals surface area contributed by atoms with E-state index in [4.69, 9.17) is 0 Å². The maximum atomic E-state index is 4.45. The van der Waals surface area contributed by atoms with Gasteiger partial charge in [0.1, 0.15) is 0 Å². The molecule has 1 heterocycles. The molecule has 3 nitrogen and oxygen atoms in total. The van der Waals surface area contributed by atoms with Gasteiger partial charge in [0, 0.05) is 31.2 Å². The number of rotatable bonds is 8. The second-order valence-corrected chi connectivity index (χ2v) is 5.11. The zero-order valence-electron chi connectivity index (χ0n) is 10.6. The van der Waals surface area contributed by atoms with Gasteiger partial charge in [0.2, 0.25) is 0 Å². The number of aromatic nitrogens is 1. The molecule has 0 aliphatic rings. The molecule has 0 amide bonds. The highest BCUT2D eigenvalue weighted by Crippen LogP contribution is 2.21. The Morgan fingerprint density at radius 3 is 2.88 bits per heavy atom. The summed E-state index contributed by atoms with van der Waals surface area (Å²) in [6.45, 7) is 7.43. The van der Waals surface area contributed by atoms with Crippen molar-refractivity contribution in [2.75, 3.05) is 25.0 Å². The van der Waals surface area contributed by atoms with E-state index >= 15 is 0 Å². The molecule has 1 aromatic rings. The Kier molecular flexibility index (Phi) is 6.42. The van der Waals surface area contributed by atoms with E-state index in [0.29, 0.717) is 0 Å². The van der Waals surface area contributed by atoms with Crippen LogP contribution in [0.4, 0.5) is 5.13 Å². The summed E-state index contributed by atoms with van der Waals surface area (Å²) in [7, 11) is 2.13. The number of hydrogen-bond acceptors (Lipinski definition) is 4. The fourth-order valence-electron chi connectivity index (χ4n) is 1.50. The van der Waals surface area contributed by atoms with Gasteiger partial charge in [-0.1, -0.05) is 26.7 Å². The third-order valence-electron chi connectivity index (χ3n) is 2.51. The van der Waals surface area contributed by atoms with Gasteiger partial charge in [-0.05, 0) is 13.0 Å². The highest BCUT2D eigenvalue weighted by molar-refractivity contribution is 7.15. The van der Waals surface area contributed by atoms with Gasteiger partial charge >= 0.3 is 0 Å². The fourth-order valence-corrected chi connectivity index (χ4v) is 2.36. The number of thiazole rings is 1. The van der Waals surface area contributed by atoms with E-state index in [0.717, 1.165) is 24.8 Å². The lowest BCUT2D eigenvalue weighted by molar-refractivity contribution is 0.704. The standard InChI is InChI=1S/C12H23N3S/c1-4-6-7-8-15(3)12-14-10-11(16-12)9-13-5-2/h10,13H,4-9H2,1-3H3. The second kappa shape index (κ2) is 7.63. The average Bonchev–Trinajstić information content (AvgIpc) is 2.75. The Balaban J connectivity index is 2.37. The van der Waals surface area contributed by atoms with Crippen LogP contribution in [0.25, 0.3) is 0 Å². The van der Waals surface area contributed by atoms with Gasteiger partial charge in [-0.25, -0.2) is 4.98 Å². The van der Waals surface area contributed by atoms with Crippen LogP contribution in [0.2, 0.25) is 0 Å². The van der Waals surface area contributed by atoms with Crippen molar-refractivity contribution in [2.24, 2.45) is 0 Å². The molecule has 0 aliphatic heterocycles. The van der Waals surface area contributed by atoms with E-state index in [-0.39, 0.29) is 0 Å². The SMILES string of the molecule is CCCCCN(C)c1ncc(CNCC)s1. The summed E-state index contributed by atoms with van der Waals surface area (Å²) in [5.41, 5.74) is 0. The first-order chi connectivity index (χ1) is 7.77. The van der Waals surface area contributed by atoms with Crippen molar-refractivity contribution < 1.29 is 0 Å². The van der Waals surface area contributed by atoms with Crippen molar-refractivity contribution in [3.05, 3.63) is 11.1 Å². The van der Waals surface area contributed by atoms with Gasteiger partial charge in [0.15, 0.2) is 5.13 Å². The van der Waals surface area contributed by atoms with Crippen molar-refractivity contribution >= 4 is 16.5 Å². The van der Waals surface area contributed by atoms with Gasteiger partial charge in [-0.2, -0.15) is 0 Å². The Hall–Kier alpha value is -0.610. The van der Waals surface area contributed by atoms with E-state index in [1.54, 1.807) is 11.3 Å². The third-order valence-corrected chi connectivity index (χ3v) is 3.63. The molecular formula is C12H23N3S. The lowest BCUT2D eigenvalue weighted by Gasteiger charge is -2.14. The normalized spacial score (nSPS) is 10.7. The quantitative estimate of drug-likeness (QED) is 0.709. The van der Waals surface area contributed by atoms with Crippen LogP contribution in [-0.2, 0) is 6.54 Å². The number of nitrogens with one attached hydrogen (secondary N) is 1. The second-order valence-electron chi connectivity index (χ2n) is 4.02. The molecule has 0 atom stereocenters. The molecule has 0 saturated carbocycles. The first-order valence-corrected chi connectivity index (χ1v) is 6.96. The highest BCUT2D eigenvalue weighted by atomic mass is 32.1. The van der Waals surface area contributed by atoms with Gasteiger partial charge in [0.05, 0.1) is 0 Å². The van der Waals surface area contributed by atoms with Crippen LogP contribution in [0.15, 0.2) is 6.20 Å². The summed E-state index contributed by atoms with van der Waals surface area (Å²) in [6.07, 6.45) is 5.82. The fraction of sp³-hybridized carbons (Fsp3) is 0.750. The van der Waals surface area contributed by atoms with E-state index in [1.165, 1.54) is 24.1 Å². The molecule has 0 bridgehead atoms. The van der Waals surface area contributed by atoms with Crippen molar-refractivity contribution in [2.45, 2.75) is 39.7 Å². The summed E-state index contributed by atoms with van der Waals surface area (Å²) >= 11 is 1.79. The van der Waals surface area contributed by atoms with Crippen LogP contribution in [-0.4, -0.2) is 25.1 Å². The van der Waals surface area contributed by atoms with Crippen molar-refractivity contribution in [1.82, 2.24) is 10.3 Å². The van der Waals surface area contributed by atoms with E-state index in [2.05, 4.69) is 36.1 Å². The summed E-state index contributed by atoms with van der Waals surface area (Å²) in [4.78, 5) is 8.03. The molecule has 92 valence electrons. The summed E-state index contributed by atoms with van der Waals surface area (Å²) in [6, 6.07) is 0. The molecule has 1 aromatic heterocycles. The average molecular weight is 241 g/mol. The summed E-state index contributed by atoms with van der Waals surface area (Å²) in [5, 5.41) is 4.46. The Morgan fingerprint density at radius 1 is 1.38 bits per heavy atom. The summed E-state index contributed by atoms with van der Waals surface area (Å²) in [5.74, 6) is 0. The van der Waals surface area contributed by atoms with Crippen LogP contribution in [0.5, 0.6) is 0 Å². The summed E-state index contributed by atoms with van der Waals surface area (Å²) < 4.78 is 0. The molecule has 0 aromatic carbocycles. The molecule has 16 heavy (non-hydrogen) atoms. The van der Waals surface area contributed by atoms with Gasteiger partial charge in [-0.3, -0.25) is 0 Å².